The molecule has 3 aromatic rings. The maximum absolute atomic E-state index is 14.1. The molecule has 40 heavy (non-hydrogen) atoms. The van der Waals surface area contributed by atoms with Crippen molar-refractivity contribution in [3.05, 3.63) is 87.9 Å². The van der Waals surface area contributed by atoms with Crippen LogP contribution in [0.4, 0.5) is 9.18 Å². The van der Waals surface area contributed by atoms with Crippen LogP contribution in [0.3, 0.4) is 0 Å². The lowest BCUT2D eigenvalue weighted by atomic mass is 9.80. The highest BCUT2D eigenvalue weighted by atomic mass is 19.1. The maximum atomic E-state index is 14.1. The van der Waals surface area contributed by atoms with Crippen LogP contribution in [0, 0.1) is 5.82 Å². The van der Waals surface area contributed by atoms with Crippen LogP contribution in [0.2, 0.25) is 0 Å². The lowest BCUT2D eigenvalue weighted by Gasteiger charge is -2.44. The summed E-state index contributed by atoms with van der Waals surface area (Å²) >= 11 is 0. The third kappa shape index (κ3) is 5.13. The Morgan fingerprint density at radius 1 is 1.12 bits per heavy atom. The first-order valence-electron chi connectivity index (χ1n) is 14.0. The van der Waals surface area contributed by atoms with Gasteiger partial charge in [0.05, 0.1) is 23.0 Å². The number of halogens is 1. The second kappa shape index (κ2) is 10.9. The molecule has 6 rings (SSSR count). The fourth-order valence-electron chi connectivity index (χ4n) is 6.47. The van der Waals surface area contributed by atoms with Gasteiger partial charge in [-0.15, -0.1) is 0 Å². The number of hydrogen-bond acceptors (Lipinski definition) is 5. The van der Waals surface area contributed by atoms with Gasteiger partial charge in [0.25, 0.3) is 0 Å². The number of hydrogen-bond donors (Lipinski definition) is 1. The molecular weight excluding hydrogens is 509 g/mol. The van der Waals surface area contributed by atoms with E-state index in [4.69, 9.17) is 4.52 Å². The molecule has 8 nitrogen and oxygen atoms in total. The van der Waals surface area contributed by atoms with Crippen LogP contribution in [0.1, 0.15) is 48.9 Å². The second-order valence-electron chi connectivity index (χ2n) is 11.0. The fraction of sp³-hybridized carbons (Fsp3) is 0.387. The molecule has 3 aliphatic rings. The van der Waals surface area contributed by atoms with Gasteiger partial charge in [-0.25, -0.2) is 9.18 Å². The number of benzene rings is 2. The average Bonchev–Trinajstić information content (AvgIpc) is 3.44. The molecule has 4 heterocycles. The van der Waals surface area contributed by atoms with E-state index in [0.717, 1.165) is 43.3 Å². The van der Waals surface area contributed by atoms with E-state index in [-0.39, 0.29) is 23.8 Å². The molecule has 1 N–H and O–H groups in total. The zero-order valence-corrected chi connectivity index (χ0v) is 22.7. The largest absolute Gasteiger partial charge is 0.357 e. The van der Waals surface area contributed by atoms with Crippen LogP contribution >= 0.6 is 0 Å². The van der Waals surface area contributed by atoms with E-state index < -0.39 is 5.54 Å². The van der Waals surface area contributed by atoms with Gasteiger partial charge in [-0.3, -0.25) is 9.69 Å². The number of piperidine rings is 1. The van der Waals surface area contributed by atoms with Crippen LogP contribution in [0.25, 0.3) is 12.3 Å². The zero-order valence-electron chi connectivity index (χ0n) is 22.7. The standard InChI is InChI=1S/C31H34FN5O3/c1-22(38)34-31(25-6-4-7-26(32)19-25)12-17-35(18-13-31)14-10-28-27-8-3-2-5-23(27)9-16-37(28)30(39)36-15-11-29-24(21-36)20-33-40-29/h2-8,11,19-21,28H,9-10,12-18H2,1H3,(H,34,38). The number of carbonyl (C=O) groups excluding carboxylic acids is 2. The number of aromatic nitrogens is 1. The molecule has 2 aromatic carbocycles. The summed E-state index contributed by atoms with van der Waals surface area (Å²) in [4.78, 5) is 32.0. The Balaban J connectivity index is 1.18. The summed E-state index contributed by atoms with van der Waals surface area (Å²) in [7, 11) is 0. The number of nitrogens with zero attached hydrogens (tertiary/aromatic N) is 4. The van der Waals surface area contributed by atoms with Gasteiger partial charge in [-0.05, 0) is 60.6 Å². The molecule has 0 radical (unpaired) electrons. The quantitative estimate of drug-likeness (QED) is 0.535. The number of carbonyl (C=O) groups is 2. The van der Waals surface area contributed by atoms with Crippen molar-refractivity contribution < 1.29 is 18.5 Å². The van der Waals surface area contributed by atoms with Crippen molar-refractivity contribution >= 4 is 24.2 Å². The van der Waals surface area contributed by atoms with Crippen molar-refractivity contribution in [3.63, 3.8) is 0 Å². The van der Waals surface area contributed by atoms with Crippen LogP contribution < -0.4 is 16.0 Å². The molecule has 3 amide bonds. The minimum Gasteiger partial charge on any atom is -0.357 e. The summed E-state index contributed by atoms with van der Waals surface area (Å²) in [5, 5.41) is 7.79. The Kier molecular flexibility index (Phi) is 7.14. The van der Waals surface area contributed by atoms with Gasteiger partial charge in [0.15, 0.2) is 5.42 Å². The van der Waals surface area contributed by atoms with Crippen molar-refractivity contribution in [3.8, 4) is 0 Å². The van der Waals surface area contributed by atoms with Crippen LogP contribution in [-0.2, 0) is 16.8 Å². The van der Waals surface area contributed by atoms with E-state index in [1.54, 1.807) is 17.2 Å². The third-order valence-corrected chi connectivity index (χ3v) is 8.52. The minimum atomic E-state index is -0.578. The third-order valence-electron chi connectivity index (χ3n) is 8.52. The number of nitrogens with one attached hydrogen (secondary N) is 1. The van der Waals surface area contributed by atoms with Crippen molar-refractivity contribution in [2.75, 3.05) is 32.7 Å². The molecule has 0 saturated carbocycles. The number of urea groups is 1. The summed E-state index contributed by atoms with van der Waals surface area (Å²) in [6, 6.07) is 14.9. The molecule has 208 valence electrons. The van der Waals surface area contributed by atoms with Gasteiger partial charge in [0, 0.05) is 45.8 Å². The lowest BCUT2D eigenvalue weighted by molar-refractivity contribution is -0.121. The summed E-state index contributed by atoms with van der Waals surface area (Å²) in [5.41, 5.74) is 3.43. The van der Waals surface area contributed by atoms with E-state index in [1.807, 2.05) is 29.3 Å². The highest BCUT2D eigenvalue weighted by Crippen LogP contribution is 2.36. The fourth-order valence-corrected chi connectivity index (χ4v) is 6.47. The van der Waals surface area contributed by atoms with Crippen molar-refractivity contribution in [1.29, 1.82) is 0 Å². The molecular formula is C31H34FN5O3. The van der Waals surface area contributed by atoms with E-state index >= 15 is 0 Å². The molecule has 0 aliphatic carbocycles. The zero-order chi connectivity index (χ0) is 27.7. The SMILES string of the molecule is CC(=O)NC1(c2cccc(F)c2)CCN(CCC2c3ccccc3CCN2C(=O)N2C=c3cnoc3=CC2)CC1. The Morgan fingerprint density at radius 3 is 2.75 bits per heavy atom. The Hall–Kier alpha value is -3.98. The van der Waals surface area contributed by atoms with Gasteiger partial charge in [0.1, 0.15) is 5.82 Å². The first kappa shape index (κ1) is 26.3. The van der Waals surface area contributed by atoms with Crippen molar-refractivity contribution in [2.45, 2.75) is 44.2 Å². The number of rotatable bonds is 5. The molecule has 0 bridgehead atoms. The normalized spacial score (nSPS) is 20.1. The minimum absolute atomic E-state index is 0.0166. The molecule has 1 atom stereocenters. The summed E-state index contributed by atoms with van der Waals surface area (Å²) in [6.07, 6.45) is 8.36. The van der Waals surface area contributed by atoms with Crippen LogP contribution in [0.15, 0.2) is 59.3 Å². The van der Waals surface area contributed by atoms with Crippen LogP contribution in [-0.4, -0.2) is 64.5 Å². The van der Waals surface area contributed by atoms with E-state index in [1.165, 1.54) is 30.2 Å². The number of amides is 3. The smallest absolute Gasteiger partial charge is 0.324 e. The molecule has 1 saturated heterocycles. The Morgan fingerprint density at radius 2 is 1.95 bits per heavy atom. The maximum Gasteiger partial charge on any atom is 0.324 e. The topological polar surface area (TPSA) is 81.9 Å². The molecule has 3 aliphatic heterocycles. The van der Waals surface area contributed by atoms with Gasteiger partial charge in [0.2, 0.25) is 5.91 Å². The second-order valence-corrected chi connectivity index (χ2v) is 11.0. The van der Waals surface area contributed by atoms with E-state index in [2.05, 4.69) is 33.6 Å². The first-order valence-corrected chi connectivity index (χ1v) is 14.0. The summed E-state index contributed by atoms with van der Waals surface area (Å²) in [6.45, 7) is 4.97. The highest BCUT2D eigenvalue weighted by molar-refractivity contribution is 5.80. The van der Waals surface area contributed by atoms with Gasteiger partial charge < -0.3 is 19.6 Å². The van der Waals surface area contributed by atoms with Gasteiger partial charge >= 0.3 is 6.03 Å². The van der Waals surface area contributed by atoms with E-state index in [0.29, 0.717) is 31.3 Å². The molecule has 0 spiro atoms. The predicted octanol–water partition coefficient (Wildman–Crippen LogP) is 2.88. The molecule has 9 heteroatoms. The average molecular weight is 544 g/mol. The first-order chi connectivity index (χ1) is 19.4. The number of likely N-dealkylation sites (tertiary alicyclic amines) is 1. The Bertz CT molecular complexity index is 1530. The van der Waals surface area contributed by atoms with Gasteiger partial charge in [-0.2, -0.15) is 0 Å². The van der Waals surface area contributed by atoms with Crippen molar-refractivity contribution in [2.24, 2.45) is 0 Å². The monoisotopic (exact) mass is 543 g/mol. The number of fused-ring (bicyclic) bond motifs is 2. The summed E-state index contributed by atoms with van der Waals surface area (Å²) < 4.78 is 19.3. The summed E-state index contributed by atoms with van der Waals surface area (Å²) in [5.74, 6) is -0.412. The molecule has 1 unspecified atom stereocenters. The molecule has 1 fully saturated rings. The van der Waals surface area contributed by atoms with Crippen LogP contribution in [0.5, 0.6) is 0 Å². The highest BCUT2D eigenvalue weighted by Gasteiger charge is 2.38. The molecule has 1 aromatic heterocycles. The Labute approximate surface area is 232 Å². The lowest BCUT2D eigenvalue weighted by Crippen LogP contribution is -2.53. The predicted molar refractivity (Wildman–Crippen MR) is 149 cm³/mol. The van der Waals surface area contributed by atoms with Crippen molar-refractivity contribution in [1.82, 2.24) is 25.2 Å². The van der Waals surface area contributed by atoms with E-state index in [9.17, 15) is 14.0 Å². The van der Waals surface area contributed by atoms with Gasteiger partial charge in [-0.1, -0.05) is 41.6 Å².